The highest BCUT2D eigenvalue weighted by molar-refractivity contribution is 9.10. The number of carboxylic acid groups (broad SMARTS) is 1. The van der Waals surface area contributed by atoms with Gasteiger partial charge in [-0.25, -0.2) is 18.6 Å². The molecule has 0 fully saturated rings. The maximum absolute atomic E-state index is 12.3. The van der Waals surface area contributed by atoms with Crippen LogP contribution in [0.25, 0.3) is 0 Å². The molecule has 1 heterocycles. The van der Waals surface area contributed by atoms with Gasteiger partial charge in [0.05, 0.1) is 0 Å². The zero-order chi connectivity index (χ0) is 11.6. The van der Waals surface area contributed by atoms with Gasteiger partial charge in [0.15, 0.2) is 5.69 Å². The van der Waals surface area contributed by atoms with Crippen LogP contribution in [0, 0.1) is 11.3 Å². The van der Waals surface area contributed by atoms with Crippen LogP contribution in [0.3, 0.4) is 0 Å². The summed E-state index contributed by atoms with van der Waals surface area (Å²) in [6.45, 7) is 0. The summed E-state index contributed by atoms with van der Waals surface area (Å²) in [5, 5.41) is 17.3. The van der Waals surface area contributed by atoms with Gasteiger partial charge in [-0.15, -0.1) is 0 Å². The van der Waals surface area contributed by atoms with Gasteiger partial charge in [-0.05, 0) is 22.0 Å². The number of carboxylic acids is 1. The first-order chi connectivity index (χ1) is 6.97. The van der Waals surface area contributed by atoms with Gasteiger partial charge >= 0.3 is 5.97 Å². The number of aromatic nitrogens is 1. The molecule has 0 aliphatic rings. The minimum atomic E-state index is -2.85. The van der Waals surface area contributed by atoms with Crippen LogP contribution in [0.2, 0.25) is 0 Å². The summed E-state index contributed by atoms with van der Waals surface area (Å²) in [4.78, 5) is 13.9. The van der Waals surface area contributed by atoms with Crippen LogP contribution in [0.15, 0.2) is 10.5 Å². The standard InChI is InChI=1S/C8H3BrF2N2O2/c9-3-1-4(7(10)11)13-5(2-12)6(3)8(14)15/h1,7H,(H,14,15). The number of aromatic carboxylic acids is 1. The van der Waals surface area contributed by atoms with E-state index in [0.29, 0.717) is 0 Å². The Morgan fingerprint density at radius 3 is 2.67 bits per heavy atom. The summed E-state index contributed by atoms with van der Waals surface area (Å²) in [5.41, 5.74) is -1.59. The fourth-order valence-corrected chi connectivity index (χ4v) is 1.52. The molecule has 1 rings (SSSR count). The second kappa shape index (κ2) is 4.31. The molecule has 0 radical (unpaired) electrons. The summed E-state index contributed by atoms with van der Waals surface area (Å²) in [6.07, 6.45) is -2.85. The van der Waals surface area contributed by atoms with Crippen LogP contribution in [-0.4, -0.2) is 16.1 Å². The highest BCUT2D eigenvalue weighted by atomic mass is 79.9. The van der Waals surface area contributed by atoms with E-state index in [4.69, 9.17) is 10.4 Å². The predicted octanol–water partition coefficient (Wildman–Crippen LogP) is 2.35. The summed E-state index contributed by atoms with van der Waals surface area (Å²) in [6, 6.07) is 2.34. The maximum atomic E-state index is 12.3. The number of nitrogens with zero attached hydrogens (tertiary/aromatic N) is 2. The van der Waals surface area contributed by atoms with Gasteiger partial charge in [0.25, 0.3) is 6.43 Å². The van der Waals surface area contributed by atoms with Crippen molar-refractivity contribution in [3.63, 3.8) is 0 Å². The first-order valence-electron chi connectivity index (χ1n) is 3.59. The maximum Gasteiger partial charge on any atom is 0.339 e. The van der Waals surface area contributed by atoms with E-state index in [0.717, 1.165) is 6.07 Å². The molecule has 0 atom stereocenters. The summed E-state index contributed by atoms with van der Waals surface area (Å²) < 4.78 is 24.4. The molecule has 0 spiro atoms. The van der Waals surface area contributed by atoms with Crippen molar-refractivity contribution in [3.8, 4) is 6.07 Å². The summed E-state index contributed by atoms with van der Waals surface area (Å²) >= 11 is 2.80. The highest BCUT2D eigenvalue weighted by Crippen LogP contribution is 2.25. The first kappa shape index (κ1) is 11.5. The van der Waals surface area contributed by atoms with E-state index in [-0.39, 0.29) is 4.47 Å². The molecule has 0 aliphatic heterocycles. The third-order valence-corrected chi connectivity index (χ3v) is 2.16. The van der Waals surface area contributed by atoms with Crippen LogP contribution in [0.1, 0.15) is 28.2 Å². The van der Waals surface area contributed by atoms with Gasteiger partial charge in [0, 0.05) is 4.47 Å². The second-order valence-electron chi connectivity index (χ2n) is 2.47. The van der Waals surface area contributed by atoms with Gasteiger partial charge < -0.3 is 5.11 Å². The molecule has 78 valence electrons. The smallest absolute Gasteiger partial charge is 0.339 e. The molecule has 7 heteroatoms. The number of halogens is 3. The molecule has 4 nitrogen and oxygen atoms in total. The Labute approximate surface area is 91.3 Å². The number of alkyl halides is 2. The topological polar surface area (TPSA) is 74.0 Å². The SMILES string of the molecule is N#Cc1nc(C(F)F)cc(Br)c1C(=O)O. The Morgan fingerprint density at radius 1 is 1.67 bits per heavy atom. The van der Waals surface area contributed by atoms with Crippen molar-refractivity contribution in [2.75, 3.05) is 0 Å². The minimum Gasteiger partial charge on any atom is -0.478 e. The van der Waals surface area contributed by atoms with Crippen LogP contribution < -0.4 is 0 Å². The Hall–Kier alpha value is -1.55. The molecule has 1 aromatic rings. The Balaban J connectivity index is 3.46. The van der Waals surface area contributed by atoms with E-state index >= 15 is 0 Å². The van der Waals surface area contributed by atoms with E-state index in [1.807, 2.05) is 0 Å². The van der Waals surface area contributed by atoms with E-state index in [1.54, 1.807) is 0 Å². The second-order valence-corrected chi connectivity index (χ2v) is 3.32. The lowest BCUT2D eigenvalue weighted by atomic mass is 10.2. The zero-order valence-corrected chi connectivity index (χ0v) is 8.62. The molecule has 0 saturated heterocycles. The quantitative estimate of drug-likeness (QED) is 0.900. The Morgan fingerprint density at radius 2 is 2.27 bits per heavy atom. The predicted molar refractivity (Wildman–Crippen MR) is 48.6 cm³/mol. The number of carbonyl (C=O) groups is 1. The molecular weight excluding hydrogens is 274 g/mol. The van der Waals surface area contributed by atoms with Gasteiger partial charge in [0.1, 0.15) is 17.3 Å². The van der Waals surface area contributed by atoms with Crippen molar-refractivity contribution in [2.45, 2.75) is 6.43 Å². The molecule has 0 bridgehead atoms. The van der Waals surface area contributed by atoms with Crippen molar-refractivity contribution in [1.82, 2.24) is 4.98 Å². The summed E-state index contributed by atoms with van der Waals surface area (Å²) in [7, 11) is 0. The molecular formula is C8H3BrF2N2O2. The average Bonchev–Trinajstić information content (AvgIpc) is 2.15. The molecule has 0 unspecified atom stereocenters. The van der Waals surface area contributed by atoms with Crippen molar-refractivity contribution in [1.29, 1.82) is 5.26 Å². The van der Waals surface area contributed by atoms with Crippen molar-refractivity contribution >= 4 is 21.9 Å². The number of pyridine rings is 1. The number of hydrogen-bond acceptors (Lipinski definition) is 3. The van der Waals surface area contributed by atoms with Gasteiger partial charge in [-0.3, -0.25) is 0 Å². The average molecular weight is 277 g/mol. The fourth-order valence-electron chi connectivity index (χ4n) is 0.929. The van der Waals surface area contributed by atoms with Gasteiger partial charge in [-0.2, -0.15) is 5.26 Å². The monoisotopic (exact) mass is 276 g/mol. The van der Waals surface area contributed by atoms with E-state index < -0.39 is 29.3 Å². The zero-order valence-electron chi connectivity index (χ0n) is 7.04. The molecule has 1 N–H and O–H groups in total. The Kier molecular flexibility index (Phi) is 3.31. The van der Waals surface area contributed by atoms with Crippen LogP contribution in [0.4, 0.5) is 8.78 Å². The van der Waals surface area contributed by atoms with Gasteiger partial charge in [0.2, 0.25) is 0 Å². The largest absolute Gasteiger partial charge is 0.478 e. The lowest BCUT2D eigenvalue weighted by molar-refractivity contribution is 0.0694. The van der Waals surface area contributed by atoms with Gasteiger partial charge in [-0.1, -0.05) is 0 Å². The molecule has 0 aromatic carbocycles. The van der Waals surface area contributed by atoms with Crippen molar-refractivity contribution < 1.29 is 18.7 Å². The van der Waals surface area contributed by atoms with E-state index in [1.165, 1.54) is 6.07 Å². The minimum absolute atomic E-state index is 0.0862. The normalized spacial score (nSPS) is 10.1. The van der Waals surface area contributed by atoms with Crippen molar-refractivity contribution in [2.24, 2.45) is 0 Å². The van der Waals surface area contributed by atoms with Crippen LogP contribution in [0.5, 0.6) is 0 Å². The lowest BCUT2D eigenvalue weighted by Gasteiger charge is -2.04. The summed E-state index contributed by atoms with van der Waals surface area (Å²) in [5.74, 6) is -1.40. The van der Waals surface area contributed by atoms with E-state index in [2.05, 4.69) is 20.9 Å². The molecule has 0 saturated carbocycles. The lowest BCUT2D eigenvalue weighted by Crippen LogP contribution is -2.06. The Bertz CT molecular complexity index is 457. The van der Waals surface area contributed by atoms with Crippen LogP contribution in [-0.2, 0) is 0 Å². The third-order valence-electron chi connectivity index (χ3n) is 1.53. The molecule has 0 amide bonds. The molecule has 1 aromatic heterocycles. The highest BCUT2D eigenvalue weighted by Gasteiger charge is 2.20. The molecule has 15 heavy (non-hydrogen) atoms. The van der Waals surface area contributed by atoms with Crippen molar-refractivity contribution in [3.05, 3.63) is 27.5 Å². The number of hydrogen-bond donors (Lipinski definition) is 1. The first-order valence-corrected chi connectivity index (χ1v) is 4.38. The number of rotatable bonds is 2. The fraction of sp³-hybridized carbons (Fsp3) is 0.125. The van der Waals surface area contributed by atoms with Crippen LogP contribution >= 0.6 is 15.9 Å². The molecule has 0 aliphatic carbocycles. The van der Waals surface area contributed by atoms with E-state index in [9.17, 15) is 13.6 Å². The number of nitriles is 1. The third kappa shape index (κ3) is 2.27.